The fraction of sp³-hybridized carbons (Fsp3) is 0.857. The van der Waals surface area contributed by atoms with Crippen LogP contribution in [0.2, 0.25) is 0 Å². The smallest absolute Gasteiger partial charge is 0.422 e. The Balaban J connectivity index is 3.41. The number of rotatable bonds is 4. The molecule has 6 heteroatoms. The number of carbonyl (C=O) groups is 1. The molecule has 0 aliphatic carbocycles. The predicted octanol–water partition coefficient (Wildman–Crippen LogP) is -0.521. The first kappa shape index (κ1) is 12.2. The van der Waals surface area contributed by atoms with E-state index in [9.17, 15) is 4.79 Å². The third kappa shape index (κ3) is 9.06. The van der Waals surface area contributed by atoms with Crippen LogP contribution < -0.4 is 22.1 Å². The number of carbonyl (C=O) groups excluding carboxylic acids is 1. The number of ether oxygens (including phenoxy) is 1. The number of nitrogens with two attached hydrogens (primary N) is 1. The van der Waals surface area contributed by atoms with Gasteiger partial charge in [-0.05, 0) is 20.8 Å². The Bertz CT molecular complexity index is 155. The molecule has 0 aromatic carbocycles. The molecule has 0 rings (SSSR count). The summed E-state index contributed by atoms with van der Waals surface area (Å²) >= 11 is 0. The molecular formula is C7H18N4O2. The molecule has 0 aliphatic heterocycles. The summed E-state index contributed by atoms with van der Waals surface area (Å²) in [6.07, 6.45) is -0.496. The van der Waals surface area contributed by atoms with Gasteiger partial charge in [0, 0.05) is 13.1 Å². The van der Waals surface area contributed by atoms with Crippen molar-refractivity contribution < 1.29 is 9.53 Å². The van der Waals surface area contributed by atoms with Gasteiger partial charge in [-0.3, -0.25) is 16.7 Å². The molecule has 13 heavy (non-hydrogen) atoms. The van der Waals surface area contributed by atoms with E-state index in [0.29, 0.717) is 13.1 Å². The van der Waals surface area contributed by atoms with Crippen molar-refractivity contribution in [3.05, 3.63) is 0 Å². The molecule has 5 N–H and O–H groups in total. The minimum Gasteiger partial charge on any atom is -0.443 e. The molecule has 0 aromatic rings. The van der Waals surface area contributed by atoms with E-state index in [0.717, 1.165) is 0 Å². The molecule has 0 fully saturated rings. The maximum Gasteiger partial charge on any atom is 0.422 e. The van der Waals surface area contributed by atoms with Crippen molar-refractivity contribution in [1.29, 1.82) is 0 Å². The zero-order valence-corrected chi connectivity index (χ0v) is 8.31. The van der Waals surface area contributed by atoms with Crippen molar-refractivity contribution in [3.63, 3.8) is 0 Å². The quantitative estimate of drug-likeness (QED) is 0.272. The van der Waals surface area contributed by atoms with Crippen LogP contribution in [-0.2, 0) is 4.74 Å². The Morgan fingerprint density at radius 3 is 2.46 bits per heavy atom. The standard InChI is InChI=1S/C7H18N4O2/c1-7(2,3)13-6(12)11-10-5-4-9-8/h9-10H,4-5,8H2,1-3H3,(H,11,12). The molecule has 0 unspecified atom stereocenters. The topological polar surface area (TPSA) is 88.4 Å². The van der Waals surface area contributed by atoms with Crippen LogP contribution in [0.3, 0.4) is 0 Å². The van der Waals surface area contributed by atoms with Crippen molar-refractivity contribution >= 4 is 6.09 Å². The summed E-state index contributed by atoms with van der Waals surface area (Å²) in [6.45, 7) is 6.50. The first-order valence-electron chi connectivity index (χ1n) is 4.11. The second kappa shape index (κ2) is 5.74. The summed E-state index contributed by atoms with van der Waals surface area (Å²) in [6, 6.07) is 0. The summed E-state index contributed by atoms with van der Waals surface area (Å²) in [7, 11) is 0. The van der Waals surface area contributed by atoms with Gasteiger partial charge in [0.1, 0.15) is 5.60 Å². The average Bonchev–Trinajstić information content (AvgIpc) is 1.94. The maximum absolute atomic E-state index is 11.0. The largest absolute Gasteiger partial charge is 0.443 e. The molecule has 0 radical (unpaired) electrons. The van der Waals surface area contributed by atoms with Gasteiger partial charge in [-0.15, -0.1) is 0 Å². The van der Waals surface area contributed by atoms with Crippen molar-refractivity contribution in [2.75, 3.05) is 13.1 Å². The van der Waals surface area contributed by atoms with E-state index in [1.54, 1.807) is 20.8 Å². The first-order chi connectivity index (χ1) is 5.95. The molecule has 0 spiro atoms. The van der Waals surface area contributed by atoms with Gasteiger partial charge in [0.25, 0.3) is 0 Å². The fourth-order valence-electron chi connectivity index (χ4n) is 0.573. The van der Waals surface area contributed by atoms with Crippen LogP contribution in [0.4, 0.5) is 4.79 Å². The zero-order valence-electron chi connectivity index (χ0n) is 8.31. The van der Waals surface area contributed by atoms with Crippen LogP contribution in [-0.4, -0.2) is 24.8 Å². The second-order valence-electron chi connectivity index (χ2n) is 3.51. The Labute approximate surface area is 78.1 Å². The summed E-state index contributed by atoms with van der Waals surface area (Å²) in [5.74, 6) is 5.01. The third-order valence-electron chi connectivity index (χ3n) is 0.984. The van der Waals surface area contributed by atoms with E-state index in [2.05, 4.69) is 16.3 Å². The van der Waals surface area contributed by atoms with E-state index >= 15 is 0 Å². The lowest BCUT2D eigenvalue weighted by molar-refractivity contribution is 0.0499. The van der Waals surface area contributed by atoms with Crippen molar-refractivity contribution in [2.24, 2.45) is 5.84 Å². The lowest BCUT2D eigenvalue weighted by atomic mass is 10.2. The van der Waals surface area contributed by atoms with Gasteiger partial charge in [0.15, 0.2) is 0 Å². The minimum absolute atomic E-state index is 0.474. The summed E-state index contributed by atoms with van der Waals surface area (Å²) in [5, 5.41) is 0. The minimum atomic E-state index is -0.496. The van der Waals surface area contributed by atoms with Crippen molar-refractivity contribution in [3.8, 4) is 0 Å². The van der Waals surface area contributed by atoms with E-state index in [1.165, 1.54) is 0 Å². The van der Waals surface area contributed by atoms with Gasteiger partial charge < -0.3 is 4.74 Å². The van der Waals surface area contributed by atoms with Crippen molar-refractivity contribution in [1.82, 2.24) is 16.3 Å². The van der Waals surface area contributed by atoms with E-state index in [-0.39, 0.29) is 0 Å². The normalized spacial score (nSPS) is 11.1. The summed E-state index contributed by atoms with van der Waals surface area (Å²) < 4.78 is 4.95. The molecule has 0 atom stereocenters. The predicted molar refractivity (Wildman–Crippen MR) is 49.6 cm³/mol. The highest BCUT2D eigenvalue weighted by atomic mass is 16.6. The lowest BCUT2D eigenvalue weighted by Gasteiger charge is -2.19. The molecule has 1 amide bonds. The van der Waals surface area contributed by atoms with Gasteiger partial charge in [0.05, 0.1) is 0 Å². The first-order valence-corrected chi connectivity index (χ1v) is 4.11. The van der Waals surface area contributed by atoms with E-state index < -0.39 is 11.7 Å². The highest BCUT2D eigenvalue weighted by molar-refractivity contribution is 5.66. The number of nitrogens with one attached hydrogen (secondary N) is 3. The lowest BCUT2D eigenvalue weighted by Crippen LogP contribution is -2.44. The summed E-state index contributed by atoms with van der Waals surface area (Å²) in [4.78, 5) is 11.0. The van der Waals surface area contributed by atoms with Crippen LogP contribution >= 0.6 is 0 Å². The number of hydrogen-bond acceptors (Lipinski definition) is 5. The average molecular weight is 190 g/mol. The SMILES string of the molecule is CC(C)(C)OC(=O)NNCCNN. The van der Waals surface area contributed by atoms with E-state index in [1.807, 2.05) is 0 Å². The Morgan fingerprint density at radius 2 is 2.00 bits per heavy atom. The van der Waals surface area contributed by atoms with Crippen LogP contribution in [0.25, 0.3) is 0 Å². The van der Waals surface area contributed by atoms with E-state index in [4.69, 9.17) is 10.6 Å². The Morgan fingerprint density at radius 1 is 1.38 bits per heavy atom. The van der Waals surface area contributed by atoms with Gasteiger partial charge in [-0.2, -0.15) is 0 Å². The van der Waals surface area contributed by atoms with Gasteiger partial charge in [0.2, 0.25) is 0 Å². The maximum atomic E-state index is 11.0. The highest BCUT2D eigenvalue weighted by Crippen LogP contribution is 2.05. The molecule has 0 heterocycles. The molecule has 0 saturated carbocycles. The molecule has 0 aromatic heterocycles. The molecular weight excluding hydrogens is 172 g/mol. The fourth-order valence-corrected chi connectivity index (χ4v) is 0.573. The molecule has 78 valence electrons. The zero-order chi connectivity index (χ0) is 10.3. The Kier molecular flexibility index (Phi) is 5.36. The summed E-state index contributed by atoms with van der Waals surface area (Å²) in [5.41, 5.74) is 6.97. The van der Waals surface area contributed by atoms with Crippen LogP contribution in [0.5, 0.6) is 0 Å². The third-order valence-corrected chi connectivity index (χ3v) is 0.984. The highest BCUT2D eigenvalue weighted by Gasteiger charge is 2.15. The number of hydrogen-bond donors (Lipinski definition) is 4. The van der Waals surface area contributed by atoms with Crippen LogP contribution in [0.1, 0.15) is 20.8 Å². The second-order valence-corrected chi connectivity index (χ2v) is 3.51. The van der Waals surface area contributed by atoms with Crippen molar-refractivity contribution in [2.45, 2.75) is 26.4 Å². The molecule has 0 bridgehead atoms. The van der Waals surface area contributed by atoms with Crippen LogP contribution in [0, 0.1) is 0 Å². The number of amides is 1. The van der Waals surface area contributed by atoms with Gasteiger partial charge >= 0.3 is 6.09 Å². The molecule has 6 nitrogen and oxygen atoms in total. The van der Waals surface area contributed by atoms with Crippen LogP contribution in [0.15, 0.2) is 0 Å². The van der Waals surface area contributed by atoms with Gasteiger partial charge in [-0.1, -0.05) is 0 Å². The Hall–Kier alpha value is -0.850. The molecule has 0 saturated heterocycles. The monoisotopic (exact) mass is 190 g/mol. The molecule has 0 aliphatic rings. The number of hydrazine groups is 2. The van der Waals surface area contributed by atoms with Gasteiger partial charge in [-0.25, -0.2) is 10.2 Å².